The fourth-order valence-electron chi connectivity index (χ4n) is 1.29. The van der Waals surface area contributed by atoms with Gasteiger partial charge in [-0.15, -0.1) is 0 Å². The van der Waals surface area contributed by atoms with E-state index >= 15 is 0 Å². The predicted octanol–water partition coefficient (Wildman–Crippen LogP) is 3.64. The van der Waals surface area contributed by atoms with E-state index in [9.17, 15) is 4.39 Å². The van der Waals surface area contributed by atoms with Gasteiger partial charge in [-0.3, -0.25) is 0 Å². The fraction of sp³-hybridized carbons (Fsp3) is 0.500. The van der Waals surface area contributed by atoms with Crippen molar-refractivity contribution in [1.82, 2.24) is 0 Å². The normalized spacial score (nSPS) is 10.6. The molecule has 0 aliphatic carbocycles. The van der Waals surface area contributed by atoms with E-state index in [0.717, 1.165) is 12.8 Å². The highest BCUT2D eigenvalue weighted by Crippen LogP contribution is 2.17. The largest absolute Gasteiger partial charge is 0.490 e. The molecular weight excluding hydrogens is 179 g/mol. The first kappa shape index (κ1) is 11.0. The van der Waals surface area contributed by atoms with E-state index in [1.165, 1.54) is 6.07 Å². The van der Waals surface area contributed by atoms with Crippen LogP contribution in [0, 0.1) is 11.7 Å². The van der Waals surface area contributed by atoms with E-state index in [1.54, 1.807) is 18.2 Å². The van der Waals surface area contributed by atoms with E-state index < -0.39 is 0 Å². The number of para-hydroxylation sites is 1. The second-order valence-electron chi connectivity index (χ2n) is 3.42. The third kappa shape index (κ3) is 3.02. The number of rotatable bonds is 5. The summed E-state index contributed by atoms with van der Waals surface area (Å²) in [5.41, 5.74) is 0. The molecule has 0 aliphatic heterocycles. The van der Waals surface area contributed by atoms with E-state index in [-0.39, 0.29) is 5.82 Å². The van der Waals surface area contributed by atoms with Crippen LogP contribution < -0.4 is 4.74 Å². The van der Waals surface area contributed by atoms with Crippen LogP contribution in [0.15, 0.2) is 24.3 Å². The molecule has 1 nitrogen and oxygen atoms in total. The summed E-state index contributed by atoms with van der Waals surface area (Å²) in [4.78, 5) is 0. The first-order valence-electron chi connectivity index (χ1n) is 5.15. The highest BCUT2D eigenvalue weighted by Gasteiger charge is 2.06. The molecule has 78 valence electrons. The molecule has 1 rings (SSSR count). The molecule has 0 aromatic heterocycles. The maximum absolute atomic E-state index is 13.1. The highest BCUT2D eigenvalue weighted by atomic mass is 19.1. The average molecular weight is 196 g/mol. The first-order valence-corrected chi connectivity index (χ1v) is 5.15. The number of hydrogen-bond donors (Lipinski definition) is 0. The van der Waals surface area contributed by atoms with Gasteiger partial charge < -0.3 is 4.74 Å². The number of benzene rings is 1. The second kappa shape index (κ2) is 5.63. The zero-order chi connectivity index (χ0) is 10.4. The molecule has 0 saturated heterocycles. The van der Waals surface area contributed by atoms with Crippen molar-refractivity contribution in [3.8, 4) is 5.75 Å². The second-order valence-corrected chi connectivity index (χ2v) is 3.42. The van der Waals surface area contributed by atoms with Crippen LogP contribution in [-0.4, -0.2) is 6.61 Å². The first-order chi connectivity index (χ1) is 6.77. The molecule has 0 heterocycles. The van der Waals surface area contributed by atoms with Crippen molar-refractivity contribution in [3.63, 3.8) is 0 Å². The van der Waals surface area contributed by atoms with E-state index in [0.29, 0.717) is 18.3 Å². The van der Waals surface area contributed by atoms with Gasteiger partial charge in [-0.05, 0) is 18.1 Å². The molecule has 1 aromatic carbocycles. The minimum atomic E-state index is -0.279. The van der Waals surface area contributed by atoms with Gasteiger partial charge in [0.1, 0.15) is 0 Å². The Hall–Kier alpha value is -1.05. The summed E-state index contributed by atoms with van der Waals surface area (Å²) in [7, 11) is 0. The van der Waals surface area contributed by atoms with Gasteiger partial charge in [0.05, 0.1) is 6.61 Å². The Kier molecular flexibility index (Phi) is 4.44. The van der Waals surface area contributed by atoms with Crippen LogP contribution in [0.4, 0.5) is 4.39 Å². The smallest absolute Gasteiger partial charge is 0.165 e. The summed E-state index contributed by atoms with van der Waals surface area (Å²) in [6, 6.07) is 6.53. The highest BCUT2D eigenvalue weighted by molar-refractivity contribution is 5.23. The summed E-state index contributed by atoms with van der Waals surface area (Å²) < 4.78 is 18.5. The van der Waals surface area contributed by atoms with Crippen molar-refractivity contribution in [2.24, 2.45) is 5.92 Å². The fourth-order valence-corrected chi connectivity index (χ4v) is 1.29. The molecule has 0 bridgehead atoms. The third-order valence-electron chi connectivity index (χ3n) is 2.47. The summed E-state index contributed by atoms with van der Waals surface area (Å²) >= 11 is 0. The molecule has 14 heavy (non-hydrogen) atoms. The van der Waals surface area contributed by atoms with E-state index in [1.807, 2.05) is 0 Å². The van der Waals surface area contributed by atoms with Crippen molar-refractivity contribution in [2.75, 3.05) is 6.61 Å². The molecule has 0 spiro atoms. The van der Waals surface area contributed by atoms with E-state index in [2.05, 4.69) is 13.8 Å². The van der Waals surface area contributed by atoms with E-state index in [4.69, 9.17) is 4.74 Å². The van der Waals surface area contributed by atoms with Gasteiger partial charge >= 0.3 is 0 Å². The molecule has 0 amide bonds. The average Bonchev–Trinajstić information content (AvgIpc) is 2.22. The van der Waals surface area contributed by atoms with Crippen LogP contribution in [0.1, 0.15) is 26.7 Å². The Labute approximate surface area is 84.9 Å². The summed E-state index contributed by atoms with van der Waals surface area (Å²) in [5, 5.41) is 0. The SMILES string of the molecule is CCC(CC)COc1ccccc1F. The Morgan fingerprint density at radius 3 is 2.43 bits per heavy atom. The van der Waals surface area contributed by atoms with Gasteiger partial charge in [0.25, 0.3) is 0 Å². The summed E-state index contributed by atoms with van der Waals surface area (Å²) in [6.07, 6.45) is 2.15. The Morgan fingerprint density at radius 1 is 1.21 bits per heavy atom. The molecule has 0 N–H and O–H groups in total. The van der Waals surface area contributed by atoms with Gasteiger partial charge in [-0.25, -0.2) is 4.39 Å². The van der Waals surface area contributed by atoms with Crippen LogP contribution in [0.2, 0.25) is 0 Å². The number of halogens is 1. The zero-order valence-corrected chi connectivity index (χ0v) is 8.79. The van der Waals surface area contributed by atoms with Crippen LogP contribution >= 0.6 is 0 Å². The Bertz CT molecular complexity index is 269. The zero-order valence-electron chi connectivity index (χ0n) is 8.79. The number of ether oxygens (including phenoxy) is 1. The topological polar surface area (TPSA) is 9.23 Å². The number of hydrogen-bond acceptors (Lipinski definition) is 1. The molecule has 0 atom stereocenters. The van der Waals surface area contributed by atoms with Crippen LogP contribution in [0.25, 0.3) is 0 Å². The monoisotopic (exact) mass is 196 g/mol. The van der Waals surface area contributed by atoms with Crippen LogP contribution in [-0.2, 0) is 0 Å². The summed E-state index contributed by atoms with van der Waals surface area (Å²) in [5.74, 6) is 0.604. The lowest BCUT2D eigenvalue weighted by Crippen LogP contribution is -2.10. The van der Waals surface area contributed by atoms with Crippen LogP contribution in [0.5, 0.6) is 5.75 Å². The molecule has 1 aromatic rings. The van der Waals surface area contributed by atoms with Crippen molar-refractivity contribution in [2.45, 2.75) is 26.7 Å². The molecule has 0 aliphatic rings. The van der Waals surface area contributed by atoms with Crippen molar-refractivity contribution >= 4 is 0 Å². The third-order valence-corrected chi connectivity index (χ3v) is 2.47. The van der Waals surface area contributed by atoms with Gasteiger partial charge in [-0.1, -0.05) is 38.8 Å². The Morgan fingerprint density at radius 2 is 1.86 bits per heavy atom. The molecule has 0 unspecified atom stereocenters. The lowest BCUT2D eigenvalue weighted by atomic mass is 10.1. The lowest BCUT2D eigenvalue weighted by Gasteiger charge is -2.13. The predicted molar refractivity (Wildman–Crippen MR) is 56.0 cm³/mol. The Balaban J connectivity index is 2.49. The molecule has 0 fully saturated rings. The van der Waals surface area contributed by atoms with Gasteiger partial charge in [0.2, 0.25) is 0 Å². The maximum atomic E-state index is 13.1. The quantitative estimate of drug-likeness (QED) is 0.698. The minimum Gasteiger partial charge on any atom is -0.490 e. The van der Waals surface area contributed by atoms with Gasteiger partial charge in [0.15, 0.2) is 11.6 Å². The minimum absolute atomic E-state index is 0.279. The maximum Gasteiger partial charge on any atom is 0.165 e. The molecule has 0 saturated carbocycles. The van der Waals surface area contributed by atoms with Crippen LogP contribution in [0.3, 0.4) is 0 Å². The molecule has 0 radical (unpaired) electrons. The van der Waals surface area contributed by atoms with Crippen molar-refractivity contribution in [1.29, 1.82) is 0 Å². The molecule has 2 heteroatoms. The summed E-state index contributed by atoms with van der Waals surface area (Å²) in [6.45, 7) is 4.85. The van der Waals surface area contributed by atoms with Crippen molar-refractivity contribution < 1.29 is 9.13 Å². The standard InChI is InChI=1S/C12H17FO/c1-3-10(4-2)9-14-12-8-6-5-7-11(12)13/h5-8,10H,3-4,9H2,1-2H3. The van der Waals surface area contributed by atoms with Gasteiger partial charge in [-0.2, -0.15) is 0 Å². The molecular formula is C12H17FO. The lowest BCUT2D eigenvalue weighted by molar-refractivity contribution is 0.231. The van der Waals surface area contributed by atoms with Gasteiger partial charge in [0, 0.05) is 0 Å². The van der Waals surface area contributed by atoms with Crippen molar-refractivity contribution in [3.05, 3.63) is 30.1 Å².